The molecular weight excluding hydrogens is 236 g/mol. The van der Waals surface area contributed by atoms with Gasteiger partial charge in [0.2, 0.25) is 0 Å². The van der Waals surface area contributed by atoms with E-state index >= 15 is 0 Å². The Hall–Kier alpha value is -1.68. The van der Waals surface area contributed by atoms with E-state index < -0.39 is 0 Å². The van der Waals surface area contributed by atoms with Gasteiger partial charge >= 0.3 is 0 Å². The van der Waals surface area contributed by atoms with Gasteiger partial charge in [-0.1, -0.05) is 42.8 Å². The van der Waals surface area contributed by atoms with Crippen LogP contribution in [0.25, 0.3) is 11.3 Å². The smallest absolute Gasteiger partial charge is 0.104 e. The van der Waals surface area contributed by atoms with Crippen molar-refractivity contribution in [2.45, 2.75) is 40.3 Å². The highest BCUT2D eigenvalue weighted by atomic mass is 15.4. The molecule has 0 saturated carbocycles. The molecule has 0 fully saturated rings. The van der Waals surface area contributed by atoms with Crippen LogP contribution < -0.4 is 5.73 Å². The molecule has 102 valence electrons. The van der Waals surface area contributed by atoms with E-state index in [2.05, 4.69) is 55.3 Å². The van der Waals surface area contributed by atoms with Crippen LogP contribution in [-0.4, -0.2) is 15.0 Å². The zero-order chi connectivity index (χ0) is 13.8. The molecule has 0 unspecified atom stereocenters. The predicted molar refractivity (Wildman–Crippen MR) is 77.5 cm³/mol. The molecule has 2 N–H and O–H groups in total. The summed E-state index contributed by atoms with van der Waals surface area (Å²) in [4.78, 5) is 0. The summed E-state index contributed by atoms with van der Waals surface area (Å²) < 4.78 is 1.98. The van der Waals surface area contributed by atoms with Gasteiger partial charge in [0.1, 0.15) is 5.69 Å². The van der Waals surface area contributed by atoms with E-state index in [4.69, 9.17) is 5.73 Å². The maximum atomic E-state index is 5.78. The Bertz CT molecular complexity index is 543. The highest BCUT2D eigenvalue weighted by molar-refractivity contribution is 5.62. The normalized spacial score (nSPS) is 11.2. The average molecular weight is 258 g/mol. The monoisotopic (exact) mass is 258 g/mol. The fraction of sp³-hybridized carbons (Fsp3) is 0.467. The predicted octanol–water partition coefficient (Wildman–Crippen LogP) is 2.76. The van der Waals surface area contributed by atoms with Crippen LogP contribution in [0.5, 0.6) is 0 Å². The first-order valence-corrected chi connectivity index (χ1v) is 6.81. The van der Waals surface area contributed by atoms with Crippen molar-refractivity contribution in [2.24, 2.45) is 11.7 Å². The molecule has 0 saturated heterocycles. The summed E-state index contributed by atoms with van der Waals surface area (Å²) in [6.07, 6.45) is 1.09. The summed E-state index contributed by atoms with van der Waals surface area (Å²) in [5.74, 6) is 0.649. The van der Waals surface area contributed by atoms with Crippen molar-refractivity contribution in [3.8, 4) is 11.3 Å². The van der Waals surface area contributed by atoms with Crippen LogP contribution in [0.4, 0.5) is 0 Å². The Morgan fingerprint density at radius 3 is 2.74 bits per heavy atom. The molecule has 0 atom stereocenters. The number of aromatic nitrogens is 3. The highest BCUT2D eigenvalue weighted by Gasteiger charge is 2.14. The topological polar surface area (TPSA) is 56.7 Å². The van der Waals surface area contributed by atoms with E-state index in [9.17, 15) is 0 Å². The number of hydrogen-bond donors (Lipinski definition) is 1. The molecule has 1 heterocycles. The van der Waals surface area contributed by atoms with Gasteiger partial charge in [0.05, 0.1) is 5.69 Å². The minimum absolute atomic E-state index is 0.422. The molecule has 2 rings (SSSR count). The second-order valence-corrected chi connectivity index (χ2v) is 5.36. The van der Waals surface area contributed by atoms with Gasteiger partial charge in [-0.3, -0.25) is 0 Å². The standard InChI is InChI=1S/C15H22N4/c1-11(2)7-8-19-15(14(10-16)17-18-19)13-6-4-5-12(3)9-13/h4-6,9,11H,7-8,10,16H2,1-3H3. The molecule has 0 aliphatic rings. The van der Waals surface area contributed by atoms with Crippen LogP contribution in [0.2, 0.25) is 0 Å². The summed E-state index contributed by atoms with van der Waals surface area (Å²) in [5, 5.41) is 8.46. The third-order valence-corrected chi connectivity index (χ3v) is 3.21. The molecule has 1 aromatic heterocycles. The van der Waals surface area contributed by atoms with Crippen molar-refractivity contribution in [3.05, 3.63) is 35.5 Å². The minimum Gasteiger partial charge on any atom is -0.325 e. The lowest BCUT2D eigenvalue weighted by molar-refractivity contribution is 0.481. The molecule has 1 aromatic carbocycles. The van der Waals surface area contributed by atoms with Gasteiger partial charge in [-0.15, -0.1) is 5.10 Å². The molecule has 2 aromatic rings. The Morgan fingerprint density at radius 1 is 1.32 bits per heavy atom. The van der Waals surface area contributed by atoms with Crippen molar-refractivity contribution in [3.63, 3.8) is 0 Å². The Morgan fingerprint density at radius 2 is 2.11 bits per heavy atom. The number of rotatable bonds is 5. The highest BCUT2D eigenvalue weighted by Crippen LogP contribution is 2.23. The maximum absolute atomic E-state index is 5.78. The van der Waals surface area contributed by atoms with Gasteiger partial charge in [0.25, 0.3) is 0 Å². The lowest BCUT2D eigenvalue weighted by Crippen LogP contribution is -2.06. The third kappa shape index (κ3) is 3.20. The summed E-state index contributed by atoms with van der Waals surface area (Å²) >= 11 is 0. The second kappa shape index (κ2) is 5.97. The number of nitrogens with two attached hydrogens (primary N) is 1. The number of benzene rings is 1. The zero-order valence-electron chi connectivity index (χ0n) is 11.9. The molecular formula is C15H22N4. The molecule has 4 nitrogen and oxygen atoms in total. The van der Waals surface area contributed by atoms with E-state index in [0.717, 1.165) is 29.9 Å². The lowest BCUT2D eigenvalue weighted by atomic mass is 10.1. The molecule has 0 aliphatic carbocycles. The molecule has 0 amide bonds. The molecule has 0 spiro atoms. The molecule has 0 radical (unpaired) electrons. The number of hydrogen-bond acceptors (Lipinski definition) is 3. The first-order valence-electron chi connectivity index (χ1n) is 6.81. The fourth-order valence-corrected chi connectivity index (χ4v) is 2.13. The van der Waals surface area contributed by atoms with Gasteiger partial charge in [-0.05, 0) is 25.3 Å². The average Bonchev–Trinajstić information content (AvgIpc) is 2.79. The first-order chi connectivity index (χ1) is 9.11. The SMILES string of the molecule is Cc1cccc(-c2c(CN)nnn2CCC(C)C)c1. The summed E-state index contributed by atoms with van der Waals surface area (Å²) in [7, 11) is 0. The number of aryl methyl sites for hydroxylation is 2. The fourth-order valence-electron chi connectivity index (χ4n) is 2.13. The van der Waals surface area contributed by atoms with E-state index in [1.807, 2.05) is 4.68 Å². The van der Waals surface area contributed by atoms with Crippen LogP contribution in [0.3, 0.4) is 0 Å². The van der Waals surface area contributed by atoms with Crippen molar-refractivity contribution in [1.29, 1.82) is 0 Å². The summed E-state index contributed by atoms with van der Waals surface area (Å²) in [6.45, 7) is 7.83. The minimum atomic E-state index is 0.422. The van der Waals surface area contributed by atoms with E-state index in [1.165, 1.54) is 5.56 Å². The van der Waals surface area contributed by atoms with Crippen LogP contribution in [-0.2, 0) is 13.1 Å². The van der Waals surface area contributed by atoms with E-state index in [1.54, 1.807) is 0 Å². The van der Waals surface area contributed by atoms with E-state index in [-0.39, 0.29) is 0 Å². The van der Waals surface area contributed by atoms with Gasteiger partial charge < -0.3 is 5.73 Å². The van der Waals surface area contributed by atoms with Crippen molar-refractivity contribution in [2.75, 3.05) is 0 Å². The largest absolute Gasteiger partial charge is 0.325 e. The quantitative estimate of drug-likeness (QED) is 0.897. The Kier molecular flexibility index (Phi) is 4.32. The first kappa shape index (κ1) is 13.7. The van der Waals surface area contributed by atoms with Crippen molar-refractivity contribution in [1.82, 2.24) is 15.0 Å². The molecule has 19 heavy (non-hydrogen) atoms. The van der Waals surface area contributed by atoms with Gasteiger partial charge in [-0.25, -0.2) is 4.68 Å². The van der Waals surface area contributed by atoms with Crippen molar-refractivity contribution >= 4 is 0 Å². The van der Waals surface area contributed by atoms with Crippen LogP contribution in [0, 0.1) is 12.8 Å². The van der Waals surface area contributed by atoms with Crippen molar-refractivity contribution < 1.29 is 0 Å². The summed E-state index contributed by atoms with van der Waals surface area (Å²) in [5.41, 5.74) is 10.1. The van der Waals surface area contributed by atoms with Gasteiger partial charge in [-0.2, -0.15) is 0 Å². The third-order valence-electron chi connectivity index (χ3n) is 3.21. The molecule has 0 aliphatic heterocycles. The second-order valence-electron chi connectivity index (χ2n) is 5.36. The Labute approximate surface area is 114 Å². The molecule has 4 heteroatoms. The summed E-state index contributed by atoms with van der Waals surface area (Å²) in [6, 6.07) is 8.40. The zero-order valence-corrected chi connectivity index (χ0v) is 11.9. The maximum Gasteiger partial charge on any atom is 0.104 e. The Balaban J connectivity index is 2.38. The van der Waals surface area contributed by atoms with Crippen LogP contribution in [0.1, 0.15) is 31.5 Å². The van der Waals surface area contributed by atoms with Gasteiger partial charge in [0, 0.05) is 18.7 Å². The van der Waals surface area contributed by atoms with Gasteiger partial charge in [0.15, 0.2) is 0 Å². The lowest BCUT2D eigenvalue weighted by Gasteiger charge is -2.10. The number of nitrogens with zero attached hydrogens (tertiary/aromatic N) is 3. The van der Waals surface area contributed by atoms with Crippen LogP contribution >= 0.6 is 0 Å². The van der Waals surface area contributed by atoms with E-state index in [0.29, 0.717) is 12.5 Å². The van der Waals surface area contributed by atoms with Crippen LogP contribution in [0.15, 0.2) is 24.3 Å². The molecule has 0 bridgehead atoms.